The summed E-state index contributed by atoms with van der Waals surface area (Å²) in [5.74, 6) is -0.209. The van der Waals surface area contributed by atoms with Crippen molar-refractivity contribution in [2.45, 2.75) is 0 Å². The van der Waals surface area contributed by atoms with Crippen LogP contribution >= 0.6 is 0 Å². The van der Waals surface area contributed by atoms with Crippen LogP contribution in [0.3, 0.4) is 0 Å². The Morgan fingerprint density at radius 1 is 1.04 bits per heavy atom. The number of nitrogens with one attached hydrogen (secondary N) is 2. The van der Waals surface area contributed by atoms with Crippen molar-refractivity contribution in [3.63, 3.8) is 0 Å². The molecule has 0 fully saturated rings. The summed E-state index contributed by atoms with van der Waals surface area (Å²) in [4.78, 5) is 25.9. The molecule has 4 rings (SSSR count). The third-order valence-corrected chi connectivity index (χ3v) is 3.92. The summed E-state index contributed by atoms with van der Waals surface area (Å²) < 4.78 is 13.0. The molecule has 6 nitrogen and oxygen atoms in total. The van der Waals surface area contributed by atoms with E-state index >= 15 is 0 Å². The van der Waals surface area contributed by atoms with Crippen LogP contribution in [0.4, 0.5) is 10.3 Å². The minimum atomic E-state index is -0.291. The van der Waals surface area contributed by atoms with E-state index in [1.54, 1.807) is 24.4 Å². The van der Waals surface area contributed by atoms with Gasteiger partial charge in [-0.1, -0.05) is 18.2 Å². The van der Waals surface area contributed by atoms with Crippen molar-refractivity contribution in [1.29, 1.82) is 0 Å². The Morgan fingerprint density at radius 2 is 1.85 bits per heavy atom. The standard InChI is InChI=1S/C19H14FN5O/c20-13-4-1-11(2-5-13)3-6-14-9-12(7-8-22-14)16-10-15-17(23-16)24-19(21)25-18(15)26/h1-10H,(H4,21,23,24,25,26). The Bertz CT molecular complexity index is 1170. The highest BCUT2D eigenvalue weighted by atomic mass is 19.1. The largest absolute Gasteiger partial charge is 0.369 e. The molecule has 0 aliphatic heterocycles. The van der Waals surface area contributed by atoms with Gasteiger partial charge in [0.25, 0.3) is 5.56 Å². The number of nitrogens with zero attached hydrogens (tertiary/aromatic N) is 2. The van der Waals surface area contributed by atoms with E-state index in [9.17, 15) is 9.18 Å². The molecule has 3 heterocycles. The Balaban J connectivity index is 1.68. The smallest absolute Gasteiger partial charge is 0.261 e. The van der Waals surface area contributed by atoms with E-state index < -0.39 is 0 Å². The van der Waals surface area contributed by atoms with E-state index in [0.717, 1.165) is 22.5 Å². The minimum absolute atomic E-state index is 0.0635. The van der Waals surface area contributed by atoms with Gasteiger partial charge in [-0.2, -0.15) is 4.98 Å². The highest BCUT2D eigenvalue weighted by Crippen LogP contribution is 2.22. The molecular weight excluding hydrogens is 333 g/mol. The number of benzene rings is 1. The number of hydrogen-bond donors (Lipinski definition) is 3. The molecule has 26 heavy (non-hydrogen) atoms. The van der Waals surface area contributed by atoms with Crippen molar-refractivity contribution < 1.29 is 4.39 Å². The molecule has 0 aliphatic carbocycles. The van der Waals surface area contributed by atoms with Gasteiger partial charge in [0.1, 0.15) is 11.5 Å². The van der Waals surface area contributed by atoms with Crippen molar-refractivity contribution >= 4 is 29.1 Å². The zero-order valence-electron chi connectivity index (χ0n) is 13.5. The Kier molecular flexibility index (Phi) is 3.81. The molecule has 4 aromatic rings. The summed E-state index contributed by atoms with van der Waals surface area (Å²) in [6, 6.07) is 11.6. The van der Waals surface area contributed by atoms with Crippen molar-refractivity contribution in [1.82, 2.24) is 19.9 Å². The van der Waals surface area contributed by atoms with Crippen LogP contribution in [-0.2, 0) is 0 Å². The van der Waals surface area contributed by atoms with Crippen molar-refractivity contribution in [2.75, 3.05) is 5.73 Å². The van der Waals surface area contributed by atoms with Gasteiger partial charge in [-0.25, -0.2) is 4.39 Å². The number of pyridine rings is 1. The first-order valence-corrected chi connectivity index (χ1v) is 7.87. The first kappa shape index (κ1) is 15.8. The summed E-state index contributed by atoms with van der Waals surface area (Å²) in [7, 11) is 0. The van der Waals surface area contributed by atoms with E-state index in [1.807, 2.05) is 24.3 Å². The number of anilines is 1. The molecule has 0 spiro atoms. The maximum absolute atomic E-state index is 13.0. The van der Waals surface area contributed by atoms with Crippen LogP contribution in [0.25, 0.3) is 34.4 Å². The van der Waals surface area contributed by atoms with Crippen LogP contribution in [0.2, 0.25) is 0 Å². The Labute approximate surface area is 147 Å². The normalized spacial score (nSPS) is 11.4. The summed E-state index contributed by atoms with van der Waals surface area (Å²) in [5, 5.41) is 0.439. The van der Waals surface area contributed by atoms with Gasteiger partial charge in [-0.05, 0) is 42.0 Å². The molecule has 1 aromatic carbocycles. The quantitative estimate of drug-likeness (QED) is 0.530. The van der Waals surface area contributed by atoms with E-state index in [2.05, 4.69) is 19.9 Å². The third-order valence-electron chi connectivity index (χ3n) is 3.92. The topological polar surface area (TPSA) is 100 Å². The van der Waals surface area contributed by atoms with Crippen LogP contribution in [0.1, 0.15) is 11.3 Å². The molecular formula is C19H14FN5O. The third kappa shape index (κ3) is 3.10. The molecule has 0 amide bonds. The number of halogens is 1. The summed E-state index contributed by atoms with van der Waals surface area (Å²) in [6.45, 7) is 0. The zero-order valence-corrected chi connectivity index (χ0v) is 13.5. The van der Waals surface area contributed by atoms with Gasteiger partial charge in [0.15, 0.2) is 0 Å². The predicted molar refractivity (Wildman–Crippen MR) is 99.7 cm³/mol. The second kappa shape index (κ2) is 6.29. The van der Waals surface area contributed by atoms with Crippen molar-refractivity contribution in [2.24, 2.45) is 0 Å². The number of aromatic amines is 2. The fourth-order valence-electron chi connectivity index (χ4n) is 2.66. The molecule has 0 saturated carbocycles. The molecule has 0 atom stereocenters. The molecule has 0 radical (unpaired) electrons. The Morgan fingerprint density at radius 3 is 2.65 bits per heavy atom. The lowest BCUT2D eigenvalue weighted by Crippen LogP contribution is -2.09. The summed E-state index contributed by atoms with van der Waals surface area (Å²) >= 11 is 0. The molecule has 4 N–H and O–H groups in total. The number of nitrogen functional groups attached to an aromatic ring is 1. The molecule has 3 aromatic heterocycles. The highest BCUT2D eigenvalue weighted by molar-refractivity contribution is 5.83. The number of hydrogen-bond acceptors (Lipinski definition) is 4. The van der Waals surface area contributed by atoms with Crippen molar-refractivity contribution in [3.8, 4) is 11.3 Å². The van der Waals surface area contributed by atoms with Crippen LogP contribution in [0.5, 0.6) is 0 Å². The summed E-state index contributed by atoms with van der Waals surface area (Å²) in [5.41, 5.74) is 8.91. The second-order valence-corrected chi connectivity index (χ2v) is 5.75. The Hall–Kier alpha value is -3.74. The van der Waals surface area contributed by atoms with Gasteiger partial charge in [0, 0.05) is 17.5 Å². The fourth-order valence-corrected chi connectivity index (χ4v) is 2.66. The van der Waals surface area contributed by atoms with Crippen LogP contribution < -0.4 is 11.3 Å². The molecule has 0 unspecified atom stereocenters. The lowest BCUT2D eigenvalue weighted by atomic mass is 10.1. The first-order chi connectivity index (χ1) is 12.6. The van der Waals surface area contributed by atoms with Crippen LogP contribution in [0, 0.1) is 5.82 Å². The monoisotopic (exact) mass is 347 g/mol. The fraction of sp³-hybridized carbons (Fsp3) is 0. The molecule has 0 saturated heterocycles. The maximum Gasteiger partial charge on any atom is 0.261 e. The van der Waals surface area contributed by atoms with E-state index in [0.29, 0.717) is 11.0 Å². The second-order valence-electron chi connectivity index (χ2n) is 5.75. The van der Waals surface area contributed by atoms with Gasteiger partial charge in [0.2, 0.25) is 5.95 Å². The van der Waals surface area contributed by atoms with Crippen LogP contribution in [-0.4, -0.2) is 19.9 Å². The van der Waals surface area contributed by atoms with E-state index in [1.165, 1.54) is 12.1 Å². The number of nitrogens with two attached hydrogens (primary N) is 1. The number of aromatic nitrogens is 4. The average molecular weight is 347 g/mol. The average Bonchev–Trinajstić information content (AvgIpc) is 3.06. The van der Waals surface area contributed by atoms with Gasteiger partial charge in [-0.3, -0.25) is 14.8 Å². The zero-order chi connectivity index (χ0) is 18.1. The SMILES string of the molecule is Nc1nc2[nH]c(-c3ccnc(C=Cc4ccc(F)cc4)c3)cc2c(=O)[nH]1. The van der Waals surface area contributed by atoms with Gasteiger partial charge < -0.3 is 10.7 Å². The van der Waals surface area contributed by atoms with Gasteiger partial charge in [-0.15, -0.1) is 0 Å². The van der Waals surface area contributed by atoms with Gasteiger partial charge in [0.05, 0.1) is 11.1 Å². The molecule has 128 valence electrons. The lowest BCUT2D eigenvalue weighted by Gasteiger charge is -1.99. The van der Waals surface area contributed by atoms with Crippen LogP contribution in [0.15, 0.2) is 53.5 Å². The summed E-state index contributed by atoms with van der Waals surface area (Å²) in [6.07, 6.45) is 5.36. The number of fused-ring (bicyclic) bond motifs is 1. The van der Waals surface area contributed by atoms with Gasteiger partial charge >= 0.3 is 0 Å². The van der Waals surface area contributed by atoms with Crippen molar-refractivity contribution in [3.05, 3.63) is 76.1 Å². The minimum Gasteiger partial charge on any atom is -0.369 e. The molecule has 0 bridgehead atoms. The number of H-pyrrole nitrogens is 2. The lowest BCUT2D eigenvalue weighted by molar-refractivity contribution is 0.628. The van der Waals surface area contributed by atoms with E-state index in [4.69, 9.17) is 5.73 Å². The highest BCUT2D eigenvalue weighted by Gasteiger charge is 2.09. The number of rotatable bonds is 3. The first-order valence-electron chi connectivity index (χ1n) is 7.87. The molecule has 7 heteroatoms. The predicted octanol–water partition coefficient (Wildman–Crippen LogP) is 3.20. The molecule has 0 aliphatic rings. The van der Waals surface area contributed by atoms with E-state index in [-0.39, 0.29) is 17.3 Å². The maximum atomic E-state index is 13.0.